The largest absolute Gasteiger partial charge is 0.370 e. The van der Waals surface area contributed by atoms with Crippen molar-refractivity contribution in [1.82, 2.24) is 0 Å². The molecule has 1 aliphatic carbocycles. The molecule has 19 heavy (non-hydrogen) atoms. The lowest BCUT2D eigenvalue weighted by Gasteiger charge is -2.28. The van der Waals surface area contributed by atoms with Crippen LogP contribution in [0.2, 0.25) is 5.02 Å². The summed E-state index contributed by atoms with van der Waals surface area (Å²) < 4.78 is 0. The summed E-state index contributed by atoms with van der Waals surface area (Å²) in [6.45, 7) is 0. The molecule has 2 aliphatic rings. The van der Waals surface area contributed by atoms with Gasteiger partial charge in [-0.25, -0.2) is 0 Å². The van der Waals surface area contributed by atoms with E-state index in [1.54, 1.807) is 0 Å². The Morgan fingerprint density at radius 2 is 2.05 bits per heavy atom. The van der Waals surface area contributed by atoms with E-state index in [1.807, 2.05) is 12.1 Å². The summed E-state index contributed by atoms with van der Waals surface area (Å²) in [5.74, 6) is -0.160. The summed E-state index contributed by atoms with van der Waals surface area (Å²) in [6, 6.07) is 3.71. The first-order chi connectivity index (χ1) is 9.08. The van der Waals surface area contributed by atoms with E-state index in [4.69, 9.17) is 17.3 Å². The van der Waals surface area contributed by atoms with Crippen molar-refractivity contribution in [2.75, 3.05) is 17.3 Å². The molecule has 4 nitrogen and oxygen atoms in total. The average Bonchev–Trinajstić information content (AvgIpc) is 3.00. The van der Waals surface area contributed by atoms with E-state index < -0.39 is 6.04 Å². The molecule has 1 heterocycles. The lowest BCUT2D eigenvalue weighted by molar-refractivity contribution is -0.116. The third kappa shape index (κ3) is 2.09. The molecule has 1 aromatic rings. The van der Waals surface area contributed by atoms with Crippen LogP contribution in [0.4, 0.5) is 11.4 Å². The average molecular weight is 280 g/mol. The number of carbonyl (C=O) groups is 1. The Kier molecular flexibility index (Phi) is 3.15. The van der Waals surface area contributed by atoms with Crippen LogP contribution in [0.5, 0.6) is 0 Å². The van der Waals surface area contributed by atoms with Gasteiger partial charge in [0.2, 0.25) is 5.91 Å². The van der Waals surface area contributed by atoms with Crippen LogP contribution in [0, 0.1) is 0 Å². The second-order valence-electron chi connectivity index (χ2n) is 5.41. The third-order valence-corrected chi connectivity index (χ3v) is 4.55. The van der Waals surface area contributed by atoms with Crippen molar-refractivity contribution in [1.29, 1.82) is 0 Å². The Balaban J connectivity index is 1.95. The predicted octanol–water partition coefficient (Wildman–Crippen LogP) is 2.67. The van der Waals surface area contributed by atoms with Gasteiger partial charge in [-0.05, 0) is 25.0 Å². The van der Waals surface area contributed by atoms with Crippen LogP contribution in [-0.2, 0) is 4.79 Å². The second-order valence-corrected chi connectivity index (χ2v) is 5.81. The van der Waals surface area contributed by atoms with Gasteiger partial charge in [0.15, 0.2) is 0 Å². The van der Waals surface area contributed by atoms with Gasteiger partial charge in [0, 0.05) is 24.3 Å². The van der Waals surface area contributed by atoms with Crippen LogP contribution in [0.25, 0.3) is 0 Å². The number of hydrogen-bond acceptors (Lipinski definition) is 3. The summed E-state index contributed by atoms with van der Waals surface area (Å²) in [5.41, 5.74) is 8.38. The highest BCUT2D eigenvalue weighted by Gasteiger charge is 2.30. The molecule has 102 valence electrons. The summed E-state index contributed by atoms with van der Waals surface area (Å²) in [5, 5.41) is 3.48. The molecule has 1 saturated carbocycles. The Bertz CT molecular complexity index is 526. The summed E-state index contributed by atoms with van der Waals surface area (Å²) in [7, 11) is 2.07. The zero-order valence-corrected chi connectivity index (χ0v) is 11.7. The number of hydrogen-bond donors (Lipinski definition) is 2. The van der Waals surface area contributed by atoms with Crippen molar-refractivity contribution >= 4 is 28.9 Å². The SMILES string of the molecule is CN(c1cc2c(cc1Cl)C(N)C(=O)N2)C1CCCC1. The van der Waals surface area contributed by atoms with Crippen LogP contribution in [-0.4, -0.2) is 19.0 Å². The predicted molar refractivity (Wildman–Crippen MR) is 77.7 cm³/mol. The minimum Gasteiger partial charge on any atom is -0.370 e. The molecule has 1 fully saturated rings. The summed E-state index contributed by atoms with van der Waals surface area (Å²) in [6.07, 6.45) is 4.96. The number of rotatable bonds is 2. The molecule has 0 bridgehead atoms. The highest BCUT2D eigenvalue weighted by atomic mass is 35.5. The van der Waals surface area contributed by atoms with Gasteiger partial charge in [-0.1, -0.05) is 24.4 Å². The summed E-state index contributed by atoms with van der Waals surface area (Å²) in [4.78, 5) is 13.8. The fourth-order valence-electron chi connectivity index (χ4n) is 3.05. The quantitative estimate of drug-likeness (QED) is 0.875. The number of halogens is 1. The van der Waals surface area contributed by atoms with Gasteiger partial charge in [0.25, 0.3) is 0 Å². The number of fused-ring (bicyclic) bond motifs is 1. The van der Waals surface area contributed by atoms with Gasteiger partial charge >= 0.3 is 0 Å². The first-order valence-corrected chi connectivity index (χ1v) is 7.08. The molecule has 3 rings (SSSR count). The number of anilines is 2. The van der Waals surface area contributed by atoms with Gasteiger partial charge in [0.1, 0.15) is 6.04 Å². The fraction of sp³-hybridized carbons (Fsp3) is 0.500. The Morgan fingerprint density at radius 1 is 1.37 bits per heavy atom. The molecule has 1 aliphatic heterocycles. The lowest BCUT2D eigenvalue weighted by atomic mass is 10.1. The third-order valence-electron chi connectivity index (χ3n) is 4.25. The lowest BCUT2D eigenvalue weighted by Crippen LogP contribution is -2.29. The molecular weight excluding hydrogens is 262 g/mol. The number of nitrogens with two attached hydrogens (primary N) is 1. The normalized spacial score (nSPS) is 22.5. The maximum atomic E-state index is 11.6. The maximum absolute atomic E-state index is 11.6. The van der Waals surface area contributed by atoms with E-state index in [2.05, 4.69) is 17.3 Å². The first-order valence-electron chi connectivity index (χ1n) is 6.70. The molecule has 3 N–H and O–H groups in total. The number of carbonyl (C=O) groups excluding carboxylic acids is 1. The van der Waals surface area contributed by atoms with E-state index in [0.29, 0.717) is 11.1 Å². The van der Waals surface area contributed by atoms with Gasteiger partial charge in [-0.2, -0.15) is 0 Å². The van der Waals surface area contributed by atoms with Crippen molar-refractivity contribution in [3.8, 4) is 0 Å². The van der Waals surface area contributed by atoms with Gasteiger partial charge in [-0.3, -0.25) is 4.79 Å². The topological polar surface area (TPSA) is 58.4 Å². The van der Waals surface area contributed by atoms with Crippen LogP contribution >= 0.6 is 11.6 Å². The number of nitrogens with zero attached hydrogens (tertiary/aromatic N) is 1. The molecular formula is C14H18ClN3O. The van der Waals surface area contributed by atoms with Crippen molar-refractivity contribution in [2.45, 2.75) is 37.8 Å². The molecule has 0 aromatic heterocycles. The van der Waals surface area contributed by atoms with Gasteiger partial charge in [0.05, 0.1) is 10.7 Å². The highest BCUT2D eigenvalue weighted by Crippen LogP contribution is 2.39. The zero-order valence-electron chi connectivity index (χ0n) is 10.9. The van der Waals surface area contributed by atoms with Crippen LogP contribution in [0.3, 0.4) is 0 Å². The Hall–Kier alpha value is -1.26. The molecule has 1 aromatic carbocycles. The smallest absolute Gasteiger partial charge is 0.245 e. The second kappa shape index (κ2) is 4.69. The first kappa shape index (κ1) is 12.8. The number of nitrogens with one attached hydrogen (secondary N) is 1. The minimum atomic E-state index is -0.599. The number of benzene rings is 1. The van der Waals surface area contributed by atoms with Crippen molar-refractivity contribution < 1.29 is 4.79 Å². The minimum absolute atomic E-state index is 0.160. The van der Waals surface area contributed by atoms with Gasteiger partial charge < -0.3 is 16.0 Å². The molecule has 0 saturated heterocycles. The molecule has 1 amide bonds. The Morgan fingerprint density at radius 3 is 2.74 bits per heavy atom. The van der Waals surface area contributed by atoms with Crippen molar-refractivity contribution in [3.63, 3.8) is 0 Å². The molecule has 1 unspecified atom stereocenters. The molecule has 1 atom stereocenters. The van der Waals surface area contributed by atoms with Crippen LogP contribution in [0.15, 0.2) is 12.1 Å². The van der Waals surface area contributed by atoms with E-state index >= 15 is 0 Å². The van der Waals surface area contributed by atoms with E-state index in [-0.39, 0.29) is 5.91 Å². The Labute approximate surface area is 117 Å². The zero-order chi connectivity index (χ0) is 13.6. The van der Waals surface area contributed by atoms with E-state index in [0.717, 1.165) is 16.9 Å². The molecule has 0 spiro atoms. The van der Waals surface area contributed by atoms with Crippen LogP contribution < -0.4 is 16.0 Å². The van der Waals surface area contributed by atoms with Crippen molar-refractivity contribution in [3.05, 3.63) is 22.7 Å². The maximum Gasteiger partial charge on any atom is 0.245 e. The van der Waals surface area contributed by atoms with Gasteiger partial charge in [-0.15, -0.1) is 0 Å². The monoisotopic (exact) mass is 279 g/mol. The van der Waals surface area contributed by atoms with E-state index in [9.17, 15) is 4.79 Å². The van der Waals surface area contributed by atoms with E-state index in [1.165, 1.54) is 25.7 Å². The molecule has 5 heteroatoms. The van der Waals surface area contributed by atoms with Crippen molar-refractivity contribution in [2.24, 2.45) is 5.73 Å². The van der Waals surface area contributed by atoms with Crippen LogP contribution in [0.1, 0.15) is 37.3 Å². The highest BCUT2D eigenvalue weighted by molar-refractivity contribution is 6.33. The fourth-order valence-corrected chi connectivity index (χ4v) is 3.36. The molecule has 0 radical (unpaired) electrons. The number of amides is 1. The standard InChI is InChI=1S/C14H18ClN3O/c1-18(8-4-2-3-5-8)12-7-11-9(6-10(12)15)13(16)14(19)17-11/h6-8,13H,2-5,16H2,1H3,(H,17,19). The summed E-state index contributed by atoms with van der Waals surface area (Å²) >= 11 is 6.36.